The molecule has 0 aromatic rings. The molecule has 0 aliphatic carbocycles. The summed E-state index contributed by atoms with van der Waals surface area (Å²) in [6.45, 7) is 0.972. The number of halogens is 3. The fraction of sp³-hybridized carbons (Fsp3) is 0.500. The number of hydrogen-bond acceptors (Lipinski definition) is 2. The topological polar surface area (TPSA) is 40.1 Å². The summed E-state index contributed by atoms with van der Waals surface area (Å²) in [5.41, 5.74) is 0. The van der Waals surface area contributed by atoms with Crippen LogP contribution in [0.25, 0.3) is 0 Å². The van der Waals surface area contributed by atoms with Crippen molar-refractivity contribution in [2.45, 2.75) is 6.92 Å². The van der Waals surface area contributed by atoms with Crippen molar-refractivity contribution in [1.82, 2.24) is 0 Å². The minimum Gasteiger partial charge on any atom is -1.00 e. The van der Waals surface area contributed by atoms with Crippen LogP contribution < -0.4 is 42.3 Å². The van der Waals surface area contributed by atoms with E-state index in [1.165, 1.54) is 0 Å². The molecule has 0 amide bonds. The number of carboxylic acids is 1. The zero-order chi connectivity index (χ0) is 3.58. The molecule has 0 atom stereocenters. The number of carboxylic acid groups (broad SMARTS) is 1. The molecule has 0 saturated heterocycles. The molecule has 0 fully saturated rings. The maximum absolute atomic E-state index is 8.89. The molecule has 0 heterocycles. The number of aliphatic carboxylic acids is 1. The van der Waals surface area contributed by atoms with Crippen molar-refractivity contribution in [2.24, 2.45) is 0 Å². The number of hydrogen-bond donors (Lipinski definition) is 0. The summed E-state index contributed by atoms with van der Waals surface area (Å²) in [6, 6.07) is 0. The monoisotopic (exact) mass is 305 g/mol. The fourth-order valence-electron chi connectivity index (χ4n) is 0. The molecular weight excluding hydrogens is 303 g/mol. The quantitative estimate of drug-likeness (QED) is 0.446. The summed E-state index contributed by atoms with van der Waals surface area (Å²) in [5.74, 6) is -1.08. The van der Waals surface area contributed by atoms with Gasteiger partial charge in [0.1, 0.15) is 0 Å². The van der Waals surface area contributed by atoms with E-state index >= 15 is 0 Å². The minimum absolute atomic E-state index is 0. The molecule has 0 bridgehead atoms. The molecule has 8 heavy (non-hydrogen) atoms. The first kappa shape index (κ1) is 33.2. The molecule has 0 aromatic carbocycles. The van der Waals surface area contributed by atoms with E-state index in [0.717, 1.165) is 6.92 Å². The summed E-state index contributed by atoms with van der Waals surface area (Å²) in [4.78, 5) is 8.89. The van der Waals surface area contributed by atoms with E-state index in [2.05, 4.69) is 0 Å². The number of rotatable bonds is 0. The Morgan fingerprint density at radius 1 is 1.25 bits per heavy atom. The minimum atomic E-state index is -1.08. The van der Waals surface area contributed by atoms with E-state index in [1.807, 2.05) is 0 Å². The summed E-state index contributed by atoms with van der Waals surface area (Å²) >= 11 is 0. The Labute approximate surface area is 100.0 Å². The predicted molar refractivity (Wildman–Crippen MR) is 10.7 cm³/mol. The van der Waals surface area contributed by atoms with Crippen molar-refractivity contribution in [2.75, 3.05) is 0 Å². The molecule has 0 aliphatic heterocycles. The molecular formula is C2H3Cl3O2Pr-4. The van der Waals surface area contributed by atoms with Gasteiger partial charge in [-0.1, -0.05) is 0 Å². The molecule has 0 aromatic heterocycles. The van der Waals surface area contributed by atoms with Crippen molar-refractivity contribution in [3.05, 3.63) is 0 Å². The summed E-state index contributed by atoms with van der Waals surface area (Å²) in [5, 5.41) is 8.89. The van der Waals surface area contributed by atoms with Crippen LogP contribution in [0.15, 0.2) is 0 Å². The van der Waals surface area contributed by atoms with Gasteiger partial charge in [0.15, 0.2) is 0 Å². The molecule has 0 aliphatic rings. The second-order valence-corrected chi connectivity index (χ2v) is 0.492. The molecule has 0 spiro atoms. The Hall–Kier alpha value is 1.70. The van der Waals surface area contributed by atoms with Gasteiger partial charge in [0, 0.05) is 47.3 Å². The third kappa shape index (κ3) is 119. The van der Waals surface area contributed by atoms with Gasteiger partial charge in [-0.25, -0.2) is 0 Å². The smallest absolute Gasteiger partial charge is 0.0383 e. The van der Waals surface area contributed by atoms with Crippen LogP contribution in [0.3, 0.4) is 0 Å². The first-order valence-corrected chi connectivity index (χ1v) is 0.908. The molecule has 51 valence electrons. The van der Waals surface area contributed by atoms with E-state index in [9.17, 15) is 0 Å². The molecule has 0 unspecified atom stereocenters. The summed E-state index contributed by atoms with van der Waals surface area (Å²) in [6.07, 6.45) is 0. The van der Waals surface area contributed by atoms with Crippen LogP contribution in [-0.2, 0) is 4.79 Å². The average molecular weight is 306 g/mol. The van der Waals surface area contributed by atoms with Crippen molar-refractivity contribution >= 4 is 5.97 Å². The zero-order valence-electron chi connectivity index (χ0n) is 4.03. The Balaban J connectivity index is -0.00000000750. The SMILES string of the molecule is CC(=O)[O-].[Cl-].[Cl-].[Cl-].[Pr]. The van der Waals surface area contributed by atoms with Crippen molar-refractivity contribution in [3.8, 4) is 0 Å². The van der Waals surface area contributed by atoms with E-state index in [0.29, 0.717) is 0 Å². The standard InChI is InChI=1S/C2H4O2.3ClH.Pr/c1-2(3)4;;;;/h1H3,(H,3,4);3*1H;/p-4. The molecule has 0 N–H and O–H groups in total. The van der Waals surface area contributed by atoms with E-state index in [-0.39, 0.29) is 78.5 Å². The first-order chi connectivity index (χ1) is 1.73. The Kier molecular flexibility index (Phi) is 97.0. The van der Waals surface area contributed by atoms with Gasteiger partial charge >= 0.3 is 0 Å². The van der Waals surface area contributed by atoms with Gasteiger partial charge in [0.25, 0.3) is 0 Å². The second kappa shape index (κ2) is 23.3. The molecule has 0 saturated carbocycles. The van der Waals surface area contributed by atoms with E-state index < -0.39 is 5.97 Å². The zero-order valence-corrected chi connectivity index (χ0v) is 10.00. The van der Waals surface area contributed by atoms with Gasteiger partial charge in [-0.15, -0.1) is 0 Å². The van der Waals surface area contributed by atoms with Gasteiger partial charge in [-0.05, 0) is 6.92 Å². The van der Waals surface area contributed by atoms with Gasteiger partial charge in [0.2, 0.25) is 0 Å². The maximum atomic E-state index is 8.89. The van der Waals surface area contributed by atoms with E-state index in [1.54, 1.807) is 0 Å². The van der Waals surface area contributed by atoms with Gasteiger partial charge in [-0.3, -0.25) is 0 Å². The van der Waals surface area contributed by atoms with Crippen LogP contribution in [0.5, 0.6) is 0 Å². The van der Waals surface area contributed by atoms with Crippen molar-refractivity contribution < 1.29 is 88.4 Å². The molecule has 0 rings (SSSR count). The number of carbonyl (C=O) groups is 1. The van der Waals surface area contributed by atoms with Gasteiger partial charge in [-0.2, -0.15) is 0 Å². The van der Waals surface area contributed by atoms with Crippen LogP contribution in [0.1, 0.15) is 6.92 Å². The molecule has 2 nitrogen and oxygen atoms in total. The second-order valence-electron chi connectivity index (χ2n) is 0.492. The van der Waals surface area contributed by atoms with Crippen LogP contribution in [0, 0.1) is 41.3 Å². The predicted octanol–water partition coefficient (Wildman–Crippen LogP) is -10.2. The average Bonchev–Trinajstić information content (AvgIpc) is 0.811. The number of carbonyl (C=O) groups excluding carboxylic acids is 1. The van der Waals surface area contributed by atoms with Crippen LogP contribution in [0.4, 0.5) is 0 Å². The van der Waals surface area contributed by atoms with Crippen molar-refractivity contribution in [1.29, 1.82) is 0 Å². The summed E-state index contributed by atoms with van der Waals surface area (Å²) in [7, 11) is 0. The van der Waals surface area contributed by atoms with Crippen LogP contribution in [-0.4, -0.2) is 5.97 Å². The first-order valence-electron chi connectivity index (χ1n) is 0.908. The summed E-state index contributed by atoms with van der Waals surface area (Å²) < 4.78 is 0. The molecule has 6 heteroatoms. The largest absolute Gasteiger partial charge is 1.00 e. The molecule has 1 radical (unpaired) electrons. The fourth-order valence-corrected chi connectivity index (χ4v) is 0. The third-order valence-electron chi connectivity index (χ3n) is 0. The van der Waals surface area contributed by atoms with Crippen LogP contribution in [0.2, 0.25) is 0 Å². The third-order valence-corrected chi connectivity index (χ3v) is 0. The Morgan fingerprint density at radius 3 is 1.25 bits per heavy atom. The Bertz CT molecular complexity index is 38.3. The van der Waals surface area contributed by atoms with Gasteiger partial charge < -0.3 is 47.1 Å². The normalized spacial score (nSPS) is 3.12. The van der Waals surface area contributed by atoms with E-state index in [4.69, 9.17) is 9.90 Å². The van der Waals surface area contributed by atoms with Crippen LogP contribution >= 0.6 is 0 Å². The maximum Gasteiger partial charge on any atom is 0.0383 e. The van der Waals surface area contributed by atoms with Gasteiger partial charge in [0.05, 0.1) is 0 Å². The van der Waals surface area contributed by atoms with Crippen molar-refractivity contribution in [3.63, 3.8) is 0 Å². The Morgan fingerprint density at radius 2 is 1.25 bits per heavy atom.